The van der Waals surface area contributed by atoms with Gasteiger partial charge >= 0.3 is 0 Å². The van der Waals surface area contributed by atoms with Gasteiger partial charge in [-0.25, -0.2) is 0 Å². The second-order valence-corrected chi connectivity index (χ2v) is 6.91. The van der Waals surface area contributed by atoms with Crippen molar-refractivity contribution < 1.29 is 23.5 Å². The van der Waals surface area contributed by atoms with E-state index in [0.717, 1.165) is 5.39 Å². The molecule has 3 aromatic carbocycles. The number of ketones is 2. The van der Waals surface area contributed by atoms with Gasteiger partial charge in [0.25, 0.3) is 5.91 Å². The first kappa shape index (κ1) is 17.9. The van der Waals surface area contributed by atoms with Gasteiger partial charge in [-0.05, 0) is 30.3 Å². The number of carbonyl (C=O) groups excluding carboxylic acids is 3. The fourth-order valence-corrected chi connectivity index (χ4v) is 3.68. The van der Waals surface area contributed by atoms with Crippen LogP contribution in [-0.4, -0.2) is 24.6 Å². The molecule has 0 unspecified atom stereocenters. The number of furan rings is 1. The van der Waals surface area contributed by atoms with Gasteiger partial charge in [0.1, 0.15) is 0 Å². The van der Waals surface area contributed by atoms with Gasteiger partial charge in [-0.15, -0.1) is 0 Å². The number of para-hydroxylation sites is 1. The fraction of sp³-hybridized carbons (Fsp3) is 0.0417. The third-order valence-corrected chi connectivity index (χ3v) is 5.13. The molecular weight excluding hydrogens is 382 g/mol. The first-order valence-corrected chi connectivity index (χ1v) is 9.27. The van der Waals surface area contributed by atoms with Crippen LogP contribution in [0.5, 0.6) is 5.75 Å². The van der Waals surface area contributed by atoms with E-state index in [1.807, 2.05) is 12.1 Å². The lowest BCUT2D eigenvalue weighted by Crippen LogP contribution is -2.21. The van der Waals surface area contributed by atoms with Crippen LogP contribution in [0.2, 0.25) is 0 Å². The summed E-state index contributed by atoms with van der Waals surface area (Å²) in [5.74, 6) is -0.279. The minimum absolute atomic E-state index is 0.111. The molecule has 5 rings (SSSR count). The van der Waals surface area contributed by atoms with Gasteiger partial charge in [0.2, 0.25) is 0 Å². The molecule has 146 valence electrons. The summed E-state index contributed by atoms with van der Waals surface area (Å²) in [6, 6.07) is 18.4. The van der Waals surface area contributed by atoms with Crippen LogP contribution in [0, 0.1) is 0 Å². The van der Waals surface area contributed by atoms with Crippen LogP contribution in [0.15, 0.2) is 71.1 Å². The average Bonchev–Trinajstić information content (AvgIpc) is 3.22. The lowest BCUT2D eigenvalue weighted by Gasteiger charge is -2.18. The summed E-state index contributed by atoms with van der Waals surface area (Å²) in [7, 11) is 1.53. The molecule has 1 amide bonds. The van der Waals surface area contributed by atoms with Crippen molar-refractivity contribution in [2.45, 2.75) is 0 Å². The van der Waals surface area contributed by atoms with Gasteiger partial charge < -0.3 is 14.5 Å². The Bertz CT molecular complexity index is 1370. The number of hydrogen-bond acceptors (Lipinski definition) is 5. The molecule has 30 heavy (non-hydrogen) atoms. The number of fused-ring (bicyclic) bond motifs is 3. The first-order valence-electron chi connectivity index (χ1n) is 9.27. The summed E-state index contributed by atoms with van der Waals surface area (Å²) in [5, 5.41) is 3.47. The highest BCUT2D eigenvalue weighted by atomic mass is 16.5. The third-order valence-electron chi connectivity index (χ3n) is 5.13. The molecule has 1 heterocycles. The van der Waals surface area contributed by atoms with Gasteiger partial charge in [-0.2, -0.15) is 0 Å². The zero-order valence-corrected chi connectivity index (χ0v) is 15.9. The van der Waals surface area contributed by atoms with Crippen LogP contribution < -0.4 is 10.1 Å². The summed E-state index contributed by atoms with van der Waals surface area (Å²) in [6.07, 6.45) is 0. The predicted octanol–water partition coefficient (Wildman–Crippen LogP) is 4.47. The predicted molar refractivity (Wildman–Crippen MR) is 110 cm³/mol. The number of carbonyl (C=O) groups is 3. The number of benzene rings is 3. The van der Waals surface area contributed by atoms with Crippen molar-refractivity contribution in [2.24, 2.45) is 0 Å². The van der Waals surface area contributed by atoms with Crippen LogP contribution in [-0.2, 0) is 0 Å². The Morgan fingerprint density at radius 3 is 2.27 bits per heavy atom. The SMILES string of the molecule is COc1cccc2cc(C(=O)Nc3ccc4c(c3)C(=O)c3ccccc3C4=O)oc12. The molecule has 0 fully saturated rings. The average molecular weight is 397 g/mol. The standard InChI is InChI=1S/C24H15NO5/c1-29-19-8-4-5-13-11-20(30-23(13)19)24(28)25-14-9-10-17-18(12-14)22(27)16-7-3-2-6-15(16)21(17)26/h2-12H,1H3,(H,25,28). The van der Waals surface area contributed by atoms with Crippen molar-refractivity contribution in [1.82, 2.24) is 0 Å². The molecule has 0 radical (unpaired) electrons. The van der Waals surface area contributed by atoms with Crippen molar-refractivity contribution >= 4 is 34.1 Å². The molecule has 0 spiro atoms. The van der Waals surface area contributed by atoms with Gasteiger partial charge in [0, 0.05) is 33.3 Å². The summed E-state index contributed by atoms with van der Waals surface area (Å²) in [4.78, 5) is 38.3. The fourth-order valence-electron chi connectivity index (χ4n) is 3.68. The highest BCUT2D eigenvalue weighted by molar-refractivity contribution is 6.28. The van der Waals surface area contributed by atoms with Crippen molar-refractivity contribution in [1.29, 1.82) is 0 Å². The molecule has 1 aliphatic rings. The molecule has 6 nitrogen and oxygen atoms in total. The number of rotatable bonds is 3. The van der Waals surface area contributed by atoms with Gasteiger partial charge in [-0.1, -0.05) is 36.4 Å². The van der Waals surface area contributed by atoms with E-state index < -0.39 is 5.91 Å². The topological polar surface area (TPSA) is 85.6 Å². The summed E-state index contributed by atoms with van der Waals surface area (Å²) in [5.41, 5.74) is 2.22. The van der Waals surface area contributed by atoms with E-state index in [1.165, 1.54) is 13.2 Å². The number of hydrogen-bond donors (Lipinski definition) is 1. The second kappa shape index (κ2) is 6.70. The van der Waals surface area contributed by atoms with Crippen molar-refractivity contribution in [3.05, 3.63) is 94.7 Å². The molecule has 0 atom stereocenters. The molecule has 1 aliphatic carbocycles. The van der Waals surface area contributed by atoms with Crippen molar-refractivity contribution in [3.8, 4) is 5.75 Å². The molecule has 0 saturated heterocycles. The maximum absolute atomic E-state index is 12.9. The molecule has 1 aromatic heterocycles. The lowest BCUT2D eigenvalue weighted by atomic mass is 9.84. The molecule has 1 N–H and O–H groups in total. The van der Waals surface area contributed by atoms with E-state index in [-0.39, 0.29) is 22.9 Å². The smallest absolute Gasteiger partial charge is 0.291 e. The van der Waals surface area contributed by atoms with Gasteiger partial charge in [0.15, 0.2) is 28.7 Å². The molecule has 0 saturated carbocycles. The Morgan fingerprint density at radius 2 is 1.53 bits per heavy atom. The van der Waals surface area contributed by atoms with Gasteiger partial charge in [0.05, 0.1) is 7.11 Å². The normalized spacial score (nSPS) is 12.4. The molecule has 0 aliphatic heterocycles. The molecule has 0 bridgehead atoms. The monoisotopic (exact) mass is 397 g/mol. The molecule has 6 heteroatoms. The van der Waals surface area contributed by atoms with Gasteiger partial charge in [-0.3, -0.25) is 14.4 Å². The van der Waals surface area contributed by atoms with E-state index >= 15 is 0 Å². The highest BCUT2D eigenvalue weighted by Gasteiger charge is 2.29. The number of nitrogens with one attached hydrogen (secondary N) is 1. The lowest BCUT2D eigenvalue weighted by molar-refractivity contribution is 0.0979. The van der Waals surface area contributed by atoms with Crippen LogP contribution in [0.25, 0.3) is 11.0 Å². The summed E-state index contributed by atoms with van der Waals surface area (Å²) < 4.78 is 10.9. The zero-order valence-electron chi connectivity index (χ0n) is 15.9. The molecule has 4 aromatic rings. The Labute approximate surface area is 171 Å². The Balaban J connectivity index is 1.47. The highest BCUT2D eigenvalue weighted by Crippen LogP contribution is 2.31. The van der Waals surface area contributed by atoms with E-state index in [9.17, 15) is 14.4 Å². The number of methoxy groups -OCH3 is 1. The minimum Gasteiger partial charge on any atom is -0.493 e. The number of anilines is 1. The summed E-state index contributed by atoms with van der Waals surface area (Å²) in [6.45, 7) is 0. The zero-order chi connectivity index (χ0) is 20.8. The Hall–Kier alpha value is -4.19. The number of amides is 1. The minimum atomic E-state index is -0.469. The van der Waals surface area contributed by atoms with Crippen molar-refractivity contribution in [2.75, 3.05) is 12.4 Å². The summed E-state index contributed by atoms with van der Waals surface area (Å²) >= 11 is 0. The second-order valence-electron chi connectivity index (χ2n) is 6.91. The van der Waals surface area contributed by atoms with E-state index in [4.69, 9.17) is 9.15 Å². The van der Waals surface area contributed by atoms with Crippen LogP contribution in [0.1, 0.15) is 42.4 Å². The first-order chi connectivity index (χ1) is 14.6. The Kier molecular flexibility index (Phi) is 3.99. The number of ether oxygens (including phenoxy) is 1. The maximum Gasteiger partial charge on any atom is 0.291 e. The van der Waals surface area contributed by atoms with E-state index in [2.05, 4.69) is 5.32 Å². The Morgan fingerprint density at radius 1 is 0.833 bits per heavy atom. The van der Waals surface area contributed by atoms with E-state index in [1.54, 1.807) is 48.5 Å². The largest absolute Gasteiger partial charge is 0.493 e. The third kappa shape index (κ3) is 2.69. The molecular formula is C24H15NO5. The van der Waals surface area contributed by atoms with Crippen LogP contribution in [0.4, 0.5) is 5.69 Å². The van der Waals surface area contributed by atoms with Crippen molar-refractivity contribution in [3.63, 3.8) is 0 Å². The van der Waals surface area contributed by atoms with Crippen LogP contribution in [0.3, 0.4) is 0 Å². The quantitative estimate of drug-likeness (QED) is 0.485. The van der Waals surface area contributed by atoms with Crippen LogP contribution >= 0.6 is 0 Å². The maximum atomic E-state index is 12.9. The van der Waals surface area contributed by atoms with E-state index in [0.29, 0.717) is 33.7 Å².